The van der Waals surface area contributed by atoms with Gasteiger partial charge in [0, 0.05) is 6.04 Å². The second-order valence-corrected chi connectivity index (χ2v) is 4.63. The molecule has 0 saturated heterocycles. The van der Waals surface area contributed by atoms with Crippen LogP contribution in [-0.2, 0) is 6.61 Å². The second kappa shape index (κ2) is 5.69. The molecule has 0 saturated carbocycles. The molecule has 2 aromatic rings. The molecule has 0 radical (unpaired) electrons. The molecule has 2 nitrogen and oxygen atoms in total. The van der Waals surface area contributed by atoms with E-state index in [0.717, 1.165) is 11.3 Å². The Morgan fingerprint density at radius 2 is 1.61 bits per heavy atom. The third-order valence-electron chi connectivity index (χ3n) is 2.93. The minimum Gasteiger partial charge on any atom is -0.489 e. The first-order chi connectivity index (χ1) is 8.65. The van der Waals surface area contributed by atoms with Gasteiger partial charge >= 0.3 is 0 Å². The molecule has 2 aromatic carbocycles. The summed E-state index contributed by atoms with van der Waals surface area (Å²) in [5, 5.41) is 0. The zero-order chi connectivity index (χ0) is 13.0. The maximum atomic E-state index is 5.80. The summed E-state index contributed by atoms with van der Waals surface area (Å²) in [6, 6.07) is 16.4. The molecule has 0 aliphatic heterocycles. The molecule has 1 atom stereocenters. The topological polar surface area (TPSA) is 35.2 Å². The summed E-state index contributed by atoms with van der Waals surface area (Å²) >= 11 is 0. The van der Waals surface area contributed by atoms with E-state index >= 15 is 0 Å². The van der Waals surface area contributed by atoms with Crippen molar-refractivity contribution in [2.45, 2.75) is 26.5 Å². The van der Waals surface area contributed by atoms with E-state index in [1.54, 1.807) is 0 Å². The first kappa shape index (κ1) is 12.7. The summed E-state index contributed by atoms with van der Waals surface area (Å²) < 4.78 is 5.73. The van der Waals surface area contributed by atoms with Crippen LogP contribution in [0.15, 0.2) is 48.5 Å². The van der Waals surface area contributed by atoms with Crippen LogP contribution >= 0.6 is 0 Å². The summed E-state index contributed by atoms with van der Waals surface area (Å²) in [6.07, 6.45) is 0. The van der Waals surface area contributed by atoms with Crippen LogP contribution in [0.3, 0.4) is 0 Å². The predicted molar refractivity (Wildman–Crippen MR) is 74.6 cm³/mol. The number of aryl methyl sites for hydroxylation is 1. The third kappa shape index (κ3) is 3.34. The molecule has 0 heterocycles. The van der Waals surface area contributed by atoms with E-state index in [4.69, 9.17) is 10.5 Å². The average Bonchev–Trinajstić information content (AvgIpc) is 2.38. The van der Waals surface area contributed by atoms with Crippen molar-refractivity contribution in [2.75, 3.05) is 0 Å². The van der Waals surface area contributed by atoms with Gasteiger partial charge in [-0.15, -0.1) is 0 Å². The zero-order valence-corrected chi connectivity index (χ0v) is 10.9. The Bertz CT molecular complexity index is 486. The molecule has 0 spiro atoms. The van der Waals surface area contributed by atoms with Gasteiger partial charge in [0.15, 0.2) is 0 Å². The minimum absolute atomic E-state index is 0.0659. The summed E-state index contributed by atoms with van der Waals surface area (Å²) in [6.45, 7) is 4.65. The highest BCUT2D eigenvalue weighted by Crippen LogP contribution is 2.17. The molecule has 0 aromatic heterocycles. The summed E-state index contributed by atoms with van der Waals surface area (Å²) in [7, 11) is 0. The van der Waals surface area contributed by atoms with Gasteiger partial charge in [0.25, 0.3) is 0 Å². The maximum Gasteiger partial charge on any atom is 0.119 e. The van der Waals surface area contributed by atoms with Crippen molar-refractivity contribution in [3.05, 3.63) is 65.2 Å². The third-order valence-corrected chi connectivity index (χ3v) is 2.93. The lowest BCUT2D eigenvalue weighted by Gasteiger charge is -2.09. The minimum atomic E-state index is 0.0659. The van der Waals surface area contributed by atoms with Crippen molar-refractivity contribution < 1.29 is 4.74 Å². The van der Waals surface area contributed by atoms with E-state index in [1.165, 1.54) is 11.1 Å². The Balaban J connectivity index is 1.95. The molecule has 0 fully saturated rings. The monoisotopic (exact) mass is 241 g/mol. The summed E-state index contributed by atoms with van der Waals surface area (Å²) in [4.78, 5) is 0. The highest BCUT2D eigenvalue weighted by atomic mass is 16.5. The highest BCUT2D eigenvalue weighted by molar-refractivity contribution is 5.29. The fourth-order valence-corrected chi connectivity index (χ4v) is 1.72. The van der Waals surface area contributed by atoms with Gasteiger partial charge in [0.2, 0.25) is 0 Å². The molecule has 2 heteroatoms. The largest absolute Gasteiger partial charge is 0.489 e. The molecule has 94 valence electrons. The number of benzene rings is 2. The van der Waals surface area contributed by atoms with E-state index in [0.29, 0.717) is 6.61 Å². The Kier molecular flexibility index (Phi) is 4.00. The van der Waals surface area contributed by atoms with Gasteiger partial charge in [0.05, 0.1) is 0 Å². The molecule has 0 unspecified atom stereocenters. The number of ether oxygens (including phenoxy) is 1. The Labute approximate surface area is 108 Å². The number of rotatable bonds is 4. The van der Waals surface area contributed by atoms with E-state index < -0.39 is 0 Å². The van der Waals surface area contributed by atoms with Crippen LogP contribution in [0.2, 0.25) is 0 Å². The molecular weight excluding hydrogens is 222 g/mol. The normalized spacial score (nSPS) is 12.2. The Hall–Kier alpha value is -1.80. The fourth-order valence-electron chi connectivity index (χ4n) is 1.72. The van der Waals surface area contributed by atoms with Gasteiger partial charge in [-0.25, -0.2) is 0 Å². The van der Waals surface area contributed by atoms with Gasteiger partial charge in [0.1, 0.15) is 12.4 Å². The van der Waals surface area contributed by atoms with Crippen LogP contribution in [0, 0.1) is 6.92 Å². The zero-order valence-electron chi connectivity index (χ0n) is 10.9. The Morgan fingerprint density at radius 3 is 2.17 bits per heavy atom. The predicted octanol–water partition coefficient (Wildman–Crippen LogP) is 3.59. The number of nitrogens with two attached hydrogens (primary N) is 1. The molecule has 0 aliphatic carbocycles. The second-order valence-electron chi connectivity index (χ2n) is 4.63. The number of hydrogen-bond acceptors (Lipinski definition) is 2. The van der Waals surface area contributed by atoms with Crippen molar-refractivity contribution in [3.63, 3.8) is 0 Å². The molecule has 0 aliphatic rings. The summed E-state index contributed by atoms with van der Waals surface area (Å²) in [5.74, 6) is 0.875. The van der Waals surface area contributed by atoms with E-state index in [2.05, 4.69) is 31.2 Å². The molecule has 2 N–H and O–H groups in total. The smallest absolute Gasteiger partial charge is 0.119 e. The van der Waals surface area contributed by atoms with Crippen molar-refractivity contribution in [1.82, 2.24) is 0 Å². The van der Waals surface area contributed by atoms with Gasteiger partial charge in [-0.2, -0.15) is 0 Å². The van der Waals surface area contributed by atoms with Crippen LogP contribution in [0.4, 0.5) is 0 Å². The van der Waals surface area contributed by atoms with Gasteiger partial charge in [-0.05, 0) is 37.1 Å². The van der Waals surface area contributed by atoms with E-state index in [1.807, 2.05) is 31.2 Å². The molecule has 2 rings (SSSR count). The quantitative estimate of drug-likeness (QED) is 0.887. The van der Waals surface area contributed by atoms with Crippen LogP contribution in [-0.4, -0.2) is 0 Å². The summed E-state index contributed by atoms with van der Waals surface area (Å²) in [5.41, 5.74) is 9.37. The average molecular weight is 241 g/mol. The van der Waals surface area contributed by atoms with Gasteiger partial charge in [-0.3, -0.25) is 0 Å². The van der Waals surface area contributed by atoms with Crippen molar-refractivity contribution in [2.24, 2.45) is 5.73 Å². The molecule has 0 bridgehead atoms. The van der Waals surface area contributed by atoms with Crippen molar-refractivity contribution >= 4 is 0 Å². The Morgan fingerprint density at radius 1 is 1.00 bits per heavy atom. The van der Waals surface area contributed by atoms with Gasteiger partial charge in [-0.1, -0.05) is 42.0 Å². The lowest BCUT2D eigenvalue weighted by molar-refractivity contribution is 0.306. The molecule has 0 amide bonds. The SMILES string of the molecule is Cc1ccc(COc2ccc([C@H](C)N)cc2)cc1. The van der Waals surface area contributed by atoms with Crippen LogP contribution < -0.4 is 10.5 Å². The van der Waals surface area contributed by atoms with Crippen molar-refractivity contribution in [3.8, 4) is 5.75 Å². The van der Waals surface area contributed by atoms with E-state index in [-0.39, 0.29) is 6.04 Å². The first-order valence-electron chi connectivity index (χ1n) is 6.19. The first-order valence-corrected chi connectivity index (χ1v) is 6.19. The fraction of sp³-hybridized carbons (Fsp3) is 0.250. The van der Waals surface area contributed by atoms with Crippen LogP contribution in [0.5, 0.6) is 5.75 Å². The van der Waals surface area contributed by atoms with Crippen LogP contribution in [0.25, 0.3) is 0 Å². The standard InChI is InChI=1S/C16H19NO/c1-12-3-5-14(6-4-12)11-18-16-9-7-15(8-10-16)13(2)17/h3-10,13H,11,17H2,1-2H3/t13-/m0/s1. The lowest BCUT2D eigenvalue weighted by atomic mass is 10.1. The van der Waals surface area contributed by atoms with E-state index in [9.17, 15) is 0 Å². The maximum absolute atomic E-state index is 5.80. The lowest BCUT2D eigenvalue weighted by Crippen LogP contribution is -2.04. The molecule has 18 heavy (non-hydrogen) atoms. The van der Waals surface area contributed by atoms with Crippen molar-refractivity contribution in [1.29, 1.82) is 0 Å². The van der Waals surface area contributed by atoms with Crippen LogP contribution in [0.1, 0.15) is 29.7 Å². The number of hydrogen-bond donors (Lipinski definition) is 1. The molecular formula is C16H19NO. The van der Waals surface area contributed by atoms with Gasteiger partial charge < -0.3 is 10.5 Å². The highest BCUT2D eigenvalue weighted by Gasteiger charge is 2.00.